The molecule has 5 heteroatoms. The van der Waals surface area contributed by atoms with E-state index in [0.29, 0.717) is 12.5 Å². The Morgan fingerprint density at radius 3 is 2.94 bits per heavy atom. The van der Waals surface area contributed by atoms with Gasteiger partial charge in [0, 0.05) is 23.9 Å². The van der Waals surface area contributed by atoms with Gasteiger partial charge in [-0.2, -0.15) is 0 Å². The van der Waals surface area contributed by atoms with Crippen LogP contribution in [0.4, 0.5) is 0 Å². The van der Waals surface area contributed by atoms with E-state index in [1.807, 2.05) is 12.1 Å². The molecular formula is C11H16ClNO2S. The molecule has 0 radical (unpaired) electrons. The molecule has 1 heterocycles. The Balaban J connectivity index is 2.19. The predicted molar refractivity (Wildman–Crippen MR) is 66.9 cm³/mol. The van der Waals surface area contributed by atoms with E-state index in [-0.39, 0.29) is 5.97 Å². The third-order valence-corrected chi connectivity index (χ3v) is 3.49. The van der Waals surface area contributed by atoms with Crippen LogP contribution in [-0.2, 0) is 16.1 Å². The van der Waals surface area contributed by atoms with Crippen molar-refractivity contribution in [2.24, 2.45) is 0 Å². The third-order valence-electron chi connectivity index (χ3n) is 2.26. The van der Waals surface area contributed by atoms with Crippen LogP contribution < -0.4 is 5.32 Å². The van der Waals surface area contributed by atoms with E-state index in [0.717, 1.165) is 17.3 Å². The number of nitrogens with one attached hydrogen (secondary N) is 1. The number of esters is 1. The van der Waals surface area contributed by atoms with Crippen molar-refractivity contribution in [1.29, 1.82) is 0 Å². The molecule has 0 aliphatic carbocycles. The zero-order valence-electron chi connectivity index (χ0n) is 9.46. The number of ether oxygens (including phenoxy) is 1. The van der Waals surface area contributed by atoms with E-state index in [4.69, 9.17) is 11.6 Å². The van der Waals surface area contributed by atoms with Crippen molar-refractivity contribution in [2.45, 2.75) is 32.4 Å². The predicted octanol–water partition coefficient (Wildman–Crippen LogP) is 2.83. The highest BCUT2D eigenvalue weighted by atomic mass is 35.5. The zero-order valence-corrected chi connectivity index (χ0v) is 11.0. The zero-order chi connectivity index (χ0) is 12.0. The topological polar surface area (TPSA) is 38.3 Å². The van der Waals surface area contributed by atoms with Gasteiger partial charge in [0.25, 0.3) is 0 Å². The highest BCUT2D eigenvalue weighted by molar-refractivity contribution is 7.16. The molecule has 16 heavy (non-hydrogen) atoms. The van der Waals surface area contributed by atoms with Crippen molar-refractivity contribution in [3.63, 3.8) is 0 Å². The Kier molecular flexibility index (Phi) is 5.80. The first-order valence-electron chi connectivity index (χ1n) is 5.16. The van der Waals surface area contributed by atoms with Gasteiger partial charge in [-0.1, -0.05) is 11.6 Å². The molecule has 0 bridgehead atoms. The number of hydrogen-bond donors (Lipinski definition) is 1. The molecule has 1 aromatic heterocycles. The highest BCUT2D eigenvalue weighted by Crippen LogP contribution is 2.21. The summed E-state index contributed by atoms with van der Waals surface area (Å²) in [6.07, 6.45) is 1.24. The smallest absolute Gasteiger partial charge is 0.305 e. The molecule has 0 aliphatic rings. The van der Waals surface area contributed by atoms with Crippen LogP contribution in [-0.4, -0.2) is 19.1 Å². The number of thiophene rings is 1. The SMILES string of the molecule is COC(=O)CCC(C)NCc1ccc(Cl)s1. The number of hydrogen-bond acceptors (Lipinski definition) is 4. The average Bonchev–Trinajstić information content (AvgIpc) is 2.69. The van der Waals surface area contributed by atoms with E-state index in [2.05, 4.69) is 17.0 Å². The molecule has 1 unspecified atom stereocenters. The third kappa shape index (κ3) is 4.96. The lowest BCUT2D eigenvalue weighted by atomic mass is 10.2. The highest BCUT2D eigenvalue weighted by Gasteiger charge is 2.06. The first kappa shape index (κ1) is 13.5. The van der Waals surface area contributed by atoms with Crippen molar-refractivity contribution >= 4 is 28.9 Å². The molecule has 0 amide bonds. The fourth-order valence-electron chi connectivity index (χ4n) is 1.26. The molecule has 1 N–H and O–H groups in total. The number of methoxy groups -OCH3 is 1. The second kappa shape index (κ2) is 6.89. The lowest BCUT2D eigenvalue weighted by Crippen LogP contribution is -2.25. The van der Waals surface area contributed by atoms with Gasteiger partial charge in [-0.25, -0.2) is 0 Å². The van der Waals surface area contributed by atoms with Crippen molar-refractivity contribution < 1.29 is 9.53 Å². The molecule has 90 valence electrons. The monoisotopic (exact) mass is 261 g/mol. The van der Waals surface area contributed by atoms with Gasteiger partial charge < -0.3 is 10.1 Å². The Morgan fingerprint density at radius 2 is 2.38 bits per heavy atom. The molecular weight excluding hydrogens is 246 g/mol. The van der Waals surface area contributed by atoms with E-state index in [1.54, 1.807) is 11.3 Å². The van der Waals surface area contributed by atoms with E-state index in [1.165, 1.54) is 12.0 Å². The fraction of sp³-hybridized carbons (Fsp3) is 0.545. The maximum Gasteiger partial charge on any atom is 0.305 e. The Labute approximate surface area is 105 Å². The minimum Gasteiger partial charge on any atom is -0.469 e. The molecule has 0 fully saturated rings. The summed E-state index contributed by atoms with van der Waals surface area (Å²) in [6.45, 7) is 2.85. The molecule has 1 rings (SSSR count). The van der Waals surface area contributed by atoms with Crippen LogP contribution in [0.1, 0.15) is 24.6 Å². The molecule has 0 saturated heterocycles. The van der Waals surface area contributed by atoms with Crippen molar-refractivity contribution in [2.75, 3.05) is 7.11 Å². The minimum absolute atomic E-state index is 0.159. The Bertz CT molecular complexity index is 340. The molecule has 0 saturated carbocycles. The van der Waals surface area contributed by atoms with Crippen LogP contribution in [0.5, 0.6) is 0 Å². The van der Waals surface area contributed by atoms with Crippen LogP contribution in [0.2, 0.25) is 4.34 Å². The van der Waals surface area contributed by atoms with Crippen LogP contribution in [0.15, 0.2) is 12.1 Å². The summed E-state index contributed by atoms with van der Waals surface area (Å²) in [5.41, 5.74) is 0. The maximum absolute atomic E-state index is 10.9. The number of rotatable bonds is 6. The standard InChI is InChI=1S/C11H16ClNO2S/c1-8(3-6-11(14)15-2)13-7-9-4-5-10(12)16-9/h4-5,8,13H,3,6-7H2,1-2H3. The molecule has 1 aromatic rings. The fourth-order valence-corrected chi connectivity index (χ4v) is 2.30. The number of halogens is 1. The number of carbonyl (C=O) groups is 1. The van der Waals surface area contributed by atoms with E-state index >= 15 is 0 Å². The summed E-state index contributed by atoms with van der Waals surface area (Å²) in [6, 6.07) is 4.19. The Hall–Kier alpha value is -0.580. The second-order valence-electron chi connectivity index (χ2n) is 3.60. The first-order chi connectivity index (χ1) is 7.61. The molecule has 0 spiro atoms. The van der Waals surface area contributed by atoms with Crippen LogP contribution in [0.3, 0.4) is 0 Å². The van der Waals surface area contributed by atoms with Gasteiger partial charge in [-0.15, -0.1) is 11.3 Å². The van der Waals surface area contributed by atoms with Crippen LogP contribution in [0, 0.1) is 0 Å². The lowest BCUT2D eigenvalue weighted by Gasteiger charge is -2.11. The van der Waals surface area contributed by atoms with Crippen molar-refractivity contribution in [3.05, 3.63) is 21.3 Å². The lowest BCUT2D eigenvalue weighted by molar-refractivity contribution is -0.140. The van der Waals surface area contributed by atoms with Crippen LogP contribution >= 0.6 is 22.9 Å². The number of carbonyl (C=O) groups excluding carboxylic acids is 1. The van der Waals surface area contributed by atoms with E-state index < -0.39 is 0 Å². The van der Waals surface area contributed by atoms with Gasteiger partial charge in [0.2, 0.25) is 0 Å². The van der Waals surface area contributed by atoms with Crippen molar-refractivity contribution in [1.82, 2.24) is 5.32 Å². The van der Waals surface area contributed by atoms with Gasteiger partial charge in [0.15, 0.2) is 0 Å². The normalized spacial score (nSPS) is 12.4. The minimum atomic E-state index is -0.159. The summed E-state index contributed by atoms with van der Waals surface area (Å²) in [7, 11) is 1.41. The van der Waals surface area contributed by atoms with Gasteiger partial charge in [-0.3, -0.25) is 4.79 Å². The summed E-state index contributed by atoms with van der Waals surface area (Å²) in [5.74, 6) is -0.159. The van der Waals surface area contributed by atoms with Gasteiger partial charge >= 0.3 is 5.97 Å². The second-order valence-corrected chi connectivity index (χ2v) is 5.40. The summed E-state index contributed by atoms with van der Waals surface area (Å²) < 4.78 is 5.39. The maximum atomic E-state index is 10.9. The van der Waals surface area contributed by atoms with Gasteiger partial charge in [0.05, 0.1) is 11.4 Å². The first-order valence-corrected chi connectivity index (χ1v) is 6.35. The van der Waals surface area contributed by atoms with Gasteiger partial charge in [-0.05, 0) is 25.5 Å². The molecule has 1 atom stereocenters. The quantitative estimate of drug-likeness (QED) is 0.801. The molecule has 3 nitrogen and oxygen atoms in total. The van der Waals surface area contributed by atoms with Crippen LogP contribution in [0.25, 0.3) is 0 Å². The van der Waals surface area contributed by atoms with Gasteiger partial charge in [0.1, 0.15) is 0 Å². The Morgan fingerprint density at radius 1 is 1.62 bits per heavy atom. The summed E-state index contributed by atoms with van der Waals surface area (Å²) in [5, 5.41) is 3.34. The largest absolute Gasteiger partial charge is 0.469 e. The summed E-state index contributed by atoms with van der Waals surface area (Å²) >= 11 is 7.40. The molecule has 0 aromatic carbocycles. The van der Waals surface area contributed by atoms with Crippen molar-refractivity contribution in [3.8, 4) is 0 Å². The average molecular weight is 262 g/mol. The molecule has 0 aliphatic heterocycles. The summed E-state index contributed by atoms with van der Waals surface area (Å²) in [4.78, 5) is 12.1. The van der Waals surface area contributed by atoms with E-state index in [9.17, 15) is 4.79 Å².